The number of nitrogens with one attached hydrogen (secondary N) is 1. The minimum atomic E-state index is -1.17. The summed E-state index contributed by atoms with van der Waals surface area (Å²) in [5.74, 6) is -3.29. The molecule has 4 amide bonds. The molecule has 3 N–H and O–H groups in total. The predicted octanol–water partition coefficient (Wildman–Crippen LogP) is 0.952. The zero-order valence-electron chi connectivity index (χ0n) is 15.4. The third-order valence-electron chi connectivity index (χ3n) is 4.28. The zero-order chi connectivity index (χ0) is 21.1. The molecule has 0 bridgehead atoms. The lowest BCUT2D eigenvalue weighted by Crippen LogP contribution is -2.38. The molecule has 1 heterocycles. The number of fused-ring (bicyclic) bond motifs is 1. The molecule has 9 nitrogen and oxygen atoms in total. The van der Waals surface area contributed by atoms with Crippen molar-refractivity contribution in [2.24, 2.45) is 5.73 Å². The lowest BCUT2D eigenvalue weighted by molar-refractivity contribution is -0.153. The maximum absolute atomic E-state index is 12.3. The smallest absolute Gasteiger partial charge is 0.326 e. The van der Waals surface area contributed by atoms with Crippen LogP contribution in [-0.4, -0.2) is 47.1 Å². The molecule has 148 valence electrons. The van der Waals surface area contributed by atoms with Crippen LogP contribution in [0.1, 0.15) is 38.0 Å². The summed E-state index contributed by atoms with van der Waals surface area (Å²) < 4.78 is 5.03. The monoisotopic (exact) mass is 395 g/mol. The topological polar surface area (TPSA) is 136 Å². The van der Waals surface area contributed by atoms with Crippen LogP contribution in [-0.2, 0) is 14.3 Å². The molecule has 0 spiro atoms. The van der Waals surface area contributed by atoms with Crippen LogP contribution in [0.15, 0.2) is 48.5 Å². The molecule has 1 aliphatic heterocycles. The quantitative estimate of drug-likeness (QED) is 0.552. The molecule has 1 aliphatic rings. The standard InChI is InChI=1S/C20H17N3O6/c1-11(18(26)22-13-8-6-12(7-9-13)17(21)25)29-16(24)10-23-19(27)14-4-2-3-5-15(14)20(23)28/h2-9,11H,10H2,1H3,(H2,21,25)(H,22,26)/t11-/m1/s1. The number of carbonyl (C=O) groups is 5. The lowest BCUT2D eigenvalue weighted by Gasteiger charge is -2.16. The second-order valence-corrected chi connectivity index (χ2v) is 6.30. The normalized spacial score (nSPS) is 13.6. The Hall–Kier alpha value is -4.01. The molecule has 2 aromatic rings. The number of hydrogen-bond acceptors (Lipinski definition) is 6. The van der Waals surface area contributed by atoms with Gasteiger partial charge in [-0.3, -0.25) is 28.9 Å². The van der Waals surface area contributed by atoms with E-state index in [1.807, 2.05) is 0 Å². The number of carbonyl (C=O) groups excluding carboxylic acids is 5. The van der Waals surface area contributed by atoms with E-state index in [4.69, 9.17) is 10.5 Å². The number of benzene rings is 2. The van der Waals surface area contributed by atoms with Gasteiger partial charge in [0.2, 0.25) is 5.91 Å². The van der Waals surface area contributed by atoms with Crippen molar-refractivity contribution >= 4 is 35.3 Å². The van der Waals surface area contributed by atoms with E-state index in [1.54, 1.807) is 12.1 Å². The van der Waals surface area contributed by atoms with Gasteiger partial charge >= 0.3 is 5.97 Å². The van der Waals surface area contributed by atoms with Crippen LogP contribution in [0.2, 0.25) is 0 Å². The summed E-state index contributed by atoms with van der Waals surface area (Å²) in [6, 6.07) is 12.1. The van der Waals surface area contributed by atoms with Gasteiger partial charge in [-0.05, 0) is 43.3 Å². The van der Waals surface area contributed by atoms with Crippen LogP contribution in [0, 0.1) is 0 Å². The van der Waals surface area contributed by atoms with E-state index in [0.29, 0.717) is 5.69 Å². The van der Waals surface area contributed by atoms with Crippen molar-refractivity contribution < 1.29 is 28.7 Å². The lowest BCUT2D eigenvalue weighted by atomic mass is 10.1. The Labute approximate surface area is 165 Å². The van der Waals surface area contributed by atoms with Gasteiger partial charge in [-0.15, -0.1) is 0 Å². The molecular formula is C20H17N3O6. The molecule has 0 radical (unpaired) electrons. The van der Waals surface area contributed by atoms with Crippen molar-refractivity contribution in [2.45, 2.75) is 13.0 Å². The Morgan fingerprint density at radius 2 is 1.55 bits per heavy atom. The maximum atomic E-state index is 12.3. The van der Waals surface area contributed by atoms with Gasteiger partial charge in [0.15, 0.2) is 6.10 Å². The van der Waals surface area contributed by atoms with Gasteiger partial charge in [0.1, 0.15) is 6.54 Å². The second kappa shape index (κ2) is 7.93. The van der Waals surface area contributed by atoms with E-state index < -0.39 is 42.2 Å². The number of imide groups is 1. The summed E-state index contributed by atoms with van der Waals surface area (Å²) in [7, 11) is 0. The first-order valence-corrected chi connectivity index (χ1v) is 8.63. The van der Waals surface area contributed by atoms with Crippen LogP contribution in [0.5, 0.6) is 0 Å². The van der Waals surface area contributed by atoms with E-state index >= 15 is 0 Å². The van der Waals surface area contributed by atoms with E-state index in [-0.39, 0.29) is 16.7 Å². The van der Waals surface area contributed by atoms with Crippen LogP contribution in [0.25, 0.3) is 0 Å². The van der Waals surface area contributed by atoms with Gasteiger partial charge in [0.25, 0.3) is 17.7 Å². The average Bonchev–Trinajstić information content (AvgIpc) is 2.93. The molecule has 1 atom stereocenters. The number of primary amides is 1. The van der Waals surface area contributed by atoms with Crippen LogP contribution in [0.3, 0.4) is 0 Å². The number of hydrogen-bond donors (Lipinski definition) is 2. The Balaban J connectivity index is 1.56. The number of esters is 1. The van der Waals surface area contributed by atoms with Crippen LogP contribution < -0.4 is 11.1 Å². The molecule has 0 unspecified atom stereocenters. The summed E-state index contributed by atoms with van der Waals surface area (Å²) in [5, 5.41) is 2.52. The number of anilines is 1. The summed E-state index contributed by atoms with van der Waals surface area (Å²) in [6.45, 7) is 0.755. The molecule has 2 aromatic carbocycles. The van der Waals surface area contributed by atoms with Gasteiger partial charge in [0, 0.05) is 11.3 Å². The molecule has 29 heavy (non-hydrogen) atoms. The van der Waals surface area contributed by atoms with E-state index in [9.17, 15) is 24.0 Å². The summed E-state index contributed by atoms with van der Waals surface area (Å²) in [4.78, 5) is 60.7. The molecule has 3 rings (SSSR count). The van der Waals surface area contributed by atoms with E-state index in [2.05, 4.69) is 5.32 Å². The van der Waals surface area contributed by atoms with Crippen molar-refractivity contribution in [3.63, 3.8) is 0 Å². The van der Waals surface area contributed by atoms with Gasteiger partial charge in [0.05, 0.1) is 11.1 Å². The van der Waals surface area contributed by atoms with Crippen molar-refractivity contribution in [1.29, 1.82) is 0 Å². The highest BCUT2D eigenvalue weighted by Gasteiger charge is 2.37. The molecule has 0 aliphatic carbocycles. The first-order valence-electron chi connectivity index (χ1n) is 8.63. The van der Waals surface area contributed by atoms with Gasteiger partial charge in [-0.1, -0.05) is 12.1 Å². The highest BCUT2D eigenvalue weighted by atomic mass is 16.5. The fourth-order valence-electron chi connectivity index (χ4n) is 2.76. The highest BCUT2D eigenvalue weighted by molar-refractivity contribution is 6.22. The molecule has 0 aromatic heterocycles. The molecule has 0 fully saturated rings. The molecule has 0 saturated carbocycles. The zero-order valence-corrected chi connectivity index (χ0v) is 15.4. The van der Waals surface area contributed by atoms with Gasteiger partial charge in [-0.2, -0.15) is 0 Å². The Morgan fingerprint density at radius 3 is 2.07 bits per heavy atom. The third-order valence-corrected chi connectivity index (χ3v) is 4.28. The molecular weight excluding hydrogens is 378 g/mol. The van der Waals surface area contributed by atoms with Crippen molar-refractivity contribution in [3.8, 4) is 0 Å². The summed E-state index contributed by atoms with van der Waals surface area (Å²) in [5.41, 5.74) is 6.24. The first-order chi connectivity index (χ1) is 13.8. The number of rotatable bonds is 6. The van der Waals surface area contributed by atoms with Crippen LogP contribution >= 0.6 is 0 Å². The maximum Gasteiger partial charge on any atom is 0.326 e. The summed E-state index contributed by atoms with van der Waals surface area (Å²) in [6.07, 6.45) is -1.17. The van der Waals surface area contributed by atoms with Crippen LogP contribution in [0.4, 0.5) is 5.69 Å². The van der Waals surface area contributed by atoms with Gasteiger partial charge < -0.3 is 15.8 Å². The van der Waals surface area contributed by atoms with Crippen molar-refractivity contribution in [2.75, 3.05) is 11.9 Å². The third kappa shape index (κ3) is 4.13. The highest BCUT2D eigenvalue weighted by Crippen LogP contribution is 2.22. The second-order valence-electron chi connectivity index (χ2n) is 6.30. The minimum Gasteiger partial charge on any atom is -0.451 e. The minimum absolute atomic E-state index is 0.218. The number of ether oxygens (including phenoxy) is 1. The number of amides is 4. The number of nitrogens with zero attached hydrogens (tertiary/aromatic N) is 1. The Kier molecular flexibility index (Phi) is 5.40. The Bertz CT molecular complexity index is 980. The van der Waals surface area contributed by atoms with E-state index in [0.717, 1.165) is 4.90 Å². The van der Waals surface area contributed by atoms with Crippen molar-refractivity contribution in [3.05, 3.63) is 65.2 Å². The fourth-order valence-corrected chi connectivity index (χ4v) is 2.76. The SMILES string of the molecule is C[C@@H](OC(=O)CN1C(=O)c2ccccc2C1=O)C(=O)Nc1ccc(C(N)=O)cc1. The fraction of sp³-hybridized carbons (Fsp3) is 0.150. The molecule has 9 heteroatoms. The van der Waals surface area contributed by atoms with Crippen molar-refractivity contribution in [1.82, 2.24) is 4.90 Å². The largest absolute Gasteiger partial charge is 0.451 e. The summed E-state index contributed by atoms with van der Waals surface area (Å²) >= 11 is 0. The number of nitrogens with two attached hydrogens (primary N) is 1. The Morgan fingerprint density at radius 1 is 1.00 bits per heavy atom. The average molecular weight is 395 g/mol. The van der Waals surface area contributed by atoms with Gasteiger partial charge in [-0.25, -0.2) is 0 Å². The molecule has 0 saturated heterocycles. The van der Waals surface area contributed by atoms with E-state index in [1.165, 1.54) is 43.3 Å². The predicted molar refractivity (Wildman–Crippen MR) is 101 cm³/mol. The first kappa shape index (κ1) is 19.7.